The SMILES string of the molecule is Cc1ccc(CNC(=O)N[C@H]2CC(=O)N(c3ccccc3)C2)cc1. The number of anilines is 1. The first-order chi connectivity index (χ1) is 11.6. The van der Waals surface area contributed by atoms with Crippen molar-refractivity contribution in [3.8, 4) is 0 Å². The lowest BCUT2D eigenvalue weighted by molar-refractivity contribution is -0.117. The molecule has 0 radical (unpaired) electrons. The Bertz CT molecular complexity index is 713. The molecule has 1 fully saturated rings. The molecule has 5 nitrogen and oxygen atoms in total. The third-order valence-electron chi connectivity index (χ3n) is 4.10. The summed E-state index contributed by atoms with van der Waals surface area (Å²) < 4.78 is 0. The minimum absolute atomic E-state index is 0.0324. The average Bonchev–Trinajstić information content (AvgIpc) is 2.95. The summed E-state index contributed by atoms with van der Waals surface area (Å²) in [5, 5.41) is 5.71. The van der Waals surface area contributed by atoms with Crippen molar-refractivity contribution < 1.29 is 9.59 Å². The van der Waals surface area contributed by atoms with E-state index in [0.717, 1.165) is 11.3 Å². The van der Waals surface area contributed by atoms with E-state index in [0.29, 0.717) is 19.5 Å². The second-order valence-corrected chi connectivity index (χ2v) is 6.05. The third kappa shape index (κ3) is 3.93. The van der Waals surface area contributed by atoms with Crippen molar-refractivity contribution in [1.82, 2.24) is 10.6 Å². The molecule has 2 aromatic carbocycles. The van der Waals surface area contributed by atoms with Crippen LogP contribution in [0.1, 0.15) is 17.5 Å². The molecule has 0 unspecified atom stereocenters. The van der Waals surface area contributed by atoms with Crippen molar-refractivity contribution in [3.05, 3.63) is 65.7 Å². The fraction of sp³-hybridized carbons (Fsp3) is 0.263. The van der Waals surface area contributed by atoms with Gasteiger partial charge in [0.2, 0.25) is 5.91 Å². The lowest BCUT2D eigenvalue weighted by Gasteiger charge is -2.17. The second kappa shape index (κ2) is 7.17. The highest BCUT2D eigenvalue weighted by Crippen LogP contribution is 2.20. The number of nitrogens with zero attached hydrogens (tertiary/aromatic N) is 1. The molecule has 1 heterocycles. The van der Waals surface area contributed by atoms with E-state index in [-0.39, 0.29) is 18.0 Å². The van der Waals surface area contributed by atoms with E-state index in [1.807, 2.05) is 61.5 Å². The summed E-state index contributed by atoms with van der Waals surface area (Å²) in [7, 11) is 0. The zero-order chi connectivity index (χ0) is 16.9. The molecule has 0 spiro atoms. The Morgan fingerprint density at radius 1 is 1.12 bits per heavy atom. The van der Waals surface area contributed by atoms with Crippen LogP contribution in [0.15, 0.2) is 54.6 Å². The van der Waals surface area contributed by atoms with Crippen molar-refractivity contribution in [2.24, 2.45) is 0 Å². The zero-order valence-electron chi connectivity index (χ0n) is 13.7. The van der Waals surface area contributed by atoms with Crippen molar-refractivity contribution >= 4 is 17.6 Å². The number of amides is 3. The number of hydrogen-bond acceptors (Lipinski definition) is 2. The third-order valence-corrected chi connectivity index (χ3v) is 4.10. The molecule has 0 aromatic heterocycles. The molecule has 0 saturated carbocycles. The van der Waals surface area contributed by atoms with Gasteiger partial charge in [0.15, 0.2) is 0 Å². The van der Waals surface area contributed by atoms with Gasteiger partial charge in [0.25, 0.3) is 0 Å². The summed E-state index contributed by atoms with van der Waals surface area (Å²) in [5.74, 6) is 0.0324. The molecule has 2 aromatic rings. The molecule has 3 rings (SSSR count). The van der Waals surface area contributed by atoms with Crippen LogP contribution in [0.25, 0.3) is 0 Å². The normalized spacial score (nSPS) is 17.0. The van der Waals surface area contributed by atoms with Gasteiger partial charge in [-0.25, -0.2) is 4.79 Å². The van der Waals surface area contributed by atoms with Gasteiger partial charge >= 0.3 is 6.03 Å². The number of hydrogen-bond donors (Lipinski definition) is 2. The van der Waals surface area contributed by atoms with E-state index in [9.17, 15) is 9.59 Å². The van der Waals surface area contributed by atoms with Crippen LogP contribution < -0.4 is 15.5 Å². The maximum absolute atomic E-state index is 12.1. The van der Waals surface area contributed by atoms with Crippen LogP contribution in [0, 0.1) is 6.92 Å². The molecule has 5 heteroatoms. The van der Waals surface area contributed by atoms with Crippen LogP contribution in [-0.4, -0.2) is 24.5 Å². The monoisotopic (exact) mass is 323 g/mol. The number of carbonyl (C=O) groups excluding carboxylic acids is 2. The fourth-order valence-electron chi connectivity index (χ4n) is 2.79. The highest BCUT2D eigenvalue weighted by Gasteiger charge is 2.31. The van der Waals surface area contributed by atoms with Gasteiger partial charge in [0.1, 0.15) is 0 Å². The number of rotatable bonds is 4. The maximum atomic E-state index is 12.1. The predicted molar refractivity (Wildman–Crippen MR) is 93.8 cm³/mol. The van der Waals surface area contributed by atoms with Gasteiger partial charge in [-0.1, -0.05) is 48.0 Å². The van der Waals surface area contributed by atoms with Gasteiger partial charge in [-0.15, -0.1) is 0 Å². The largest absolute Gasteiger partial charge is 0.334 e. The first-order valence-electron chi connectivity index (χ1n) is 8.07. The summed E-state index contributed by atoms with van der Waals surface area (Å²) in [5.41, 5.74) is 3.10. The van der Waals surface area contributed by atoms with E-state index in [1.165, 1.54) is 5.56 Å². The number of para-hydroxylation sites is 1. The molecule has 3 amide bonds. The minimum Gasteiger partial charge on any atom is -0.334 e. The van der Waals surface area contributed by atoms with Crippen LogP contribution >= 0.6 is 0 Å². The highest BCUT2D eigenvalue weighted by atomic mass is 16.2. The molecular formula is C19H21N3O2. The van der Waals surface area contributed by atoms with Gasteiger partial charge in [-0.3, -0.25) is 4.79 Å². The minimum atomic E-state index is -0.247. The Kier molecular flexibility index (Phi) is 4.79. The van der Waals surface area contributed by atoms with Crippen LogP contribution in [0.5, 0.6) is 0 Å². The van der Waals surface area contributed by atoms with Crippen molar-refractivity contribution in [1.29, 1.82) is 0 Å². The molecule has 1 saturated heterocycles. The standard InChI is InChI=1S/C19H21N3O2/c1-14-7-9-15(10-8-14)12-20-19(24)21-16-11-18(23)22(13-16)17-5-3-2-4-6-17/h2-10,16H,11-13H2,1H3,(H2,20,21,24)/t16-/m0/s1. The molecule has 24 heavy (non-hydrogen) atoms. The molecule has 124 valence electrons. The van der Waals surface area contributed by atoms with E-state index in [4.69, 9.17) is 0 Å². The molecule has 0 bridgehead atoms. The van der Waals surface area contributed by atoms with Gasteiger partial charge < -0.3 is 15.5 Å². The summed E-state index contributed by atoms with van der Waals surface area (Å²) in [4.78, 5) is 25.9. The average molecular weight is 323 g/mol. The van der Waals surface area contributed by atoms with Crippen LogP contribution in [0.3, 0.4) is 0 Å². The number of urea groups is 1. The van der Waals surface area contributed by atoms with Gasteiger partial charge in [-0.2, -0.15) is 0 Å². The Hall–Kier alpha value is -2.82. The first-order valence-corrected chi connectivity index (χ1v) is 8.07. The van der Waals surface area contributed by atoms with E-state index in [1.54, 1.807) is 4.90 Å². The molecule has 1 atom stereocenters. The number of nitrogens with one attached hydrogen (secondary N) is 2. The van der Waals surface area contributed by atoms with E-state index in [2.05, 4.69) is 10.6 Å². The highest BCUT2D eigenvalue weighted by molar-refractivity contribution is 5.96. The predicted octanol–water partition coefficient (Wildman–Crippen LogP) is 2.60. The summed E-state index contributed by atoms with van der Waals surface area (Å²) in [6.07, 6.45) is 0.326. The lowest BCUT2D eigenvalue weighted by Crippen LogP contribution is -2.43. The smallest absolute Gasteiger partial charge is 0.315 e. The van der Waals surface area contributed by atoms with Crippen molar-refractivity contribution in [2.75, 3.05) is 11.4 Å². The number of carbonyl (C=O) groups is 2. The Morgan fingerprint density at radius 3 is 2.54 bits per heavy atom. The van der Waals surface area contributed by atoms with E-state index >= 15 is 0 Å². The zero-order valence-corrected chi connectivity index (χ0v) is 13.7. The summed E-state index contributed by atoms with van der Waals surface area (Å²) in [6, 6.07) is 17.1. The number of aryl methyl sites for hydroxylation is 1. The molecule has 1 aliphatic rings. The molecule has 1 aliphatic heterocycles. The Balaban J connectivity index is 1.50. The van der Waals surface area contributed by atoms with Crippen LogP contribution in [0.4, 0.5) is 10.5 Å². The van der Waals surface area contributed by atoms with Crippen LogP contribution in [0.2, 0.25) is 0 Å². The number of benzene rings is 2. The van der Waals surface area contributed by atoms with Crippen molar-refractivity contribution in [2.45, 2.75) is 25.9 Å². The Morgan fingerprint density at radius 2 is 1.83 bits per heavy atom. The maximum Gasteiger partial charge on any atom is 0.315 e. The van der Waals surface area contributed by atoms with E-state index < -0.39 is 0 Å². The summed E-state index contributed by atoms with van der Waals surface area (Å²) >= 11 is 0. The van der Waals surface area contributed by atoms with Gasteiger partial charge in [0.05, 0.1) is 6.04 Å². The summed E-state index contributed by atoms with van der Waals surface area (Å²) in [6.45, 7) is 3.00. The Labute approximate surface area is 141 Å². The quantitative estimate of drug-likeness (QED) is 0.908. The topological polar surface area (TPSA) is 61.4 Å². The molecule has 2 N–H and O–H groups in total. The molecular weight excluding hydrogens is 302 g/mol. The van der Waals surface area contributed by atoms with Crippen molar-refractivity contribution in [3.63, 3.8) is 0 Å². The molecule has 0 aliphatic carbocycles. The lowest BCUT2D eigenvalue weighted by atomic mass is 10.1. The van der Waals surface area contributed by atoms with Crippen LogP contribution in [-0.2, 0) is 11.3 Å². The van der Waals surface area contributed by atoms with Gasteiger partial charge in [0, 0.05) is 25.2 Å². The first kappa shape index (κ1) is 16.1. The fourth-order valence-corrected chi connectivity index (χ4v) is 2.79. The van der Waals surface area contributed by atoms with Gasteiger partial charge in [-0.05, 0) is 24.6 Å². The second-order valence-electron chi connectivity index (χ2n) is 6.05.